The highest BCUT2D eigenvalue weighted by molar-refractivity contribution is 7.38. The van der Waals surface area contributed by atoms with Gasteiger partial charge in [0.1, 0.15) is 5.75 Å². The quantitative estimate of drug-likeness (QED) is 0.688. The molecule has 0 amide bonds. The van der Waals surface area contributed by atoms with Gasteiger partial charge < -0.3 is 10.00 Å². The third-order valence-corrected chi connectivity index (χ3v) is 5.82. The summed E-state index contributed by atoms with van der Waals surface area (Å²) in [6.45, 7) is 10.4. The Hall–Kier alpha value is -1.57. The van der Waals surface area contributed by atoms with Crippen LogP contribution in [-0.4, -0.2) is 16.2 Å². The van der Waals surface area contributed by atoms with Gasteiger partial charge in [-0.1, -0.05) is 45.0 Å². The predicted octanol–water partition coefficient (Wildman–Crippen LogP) is 5.29. The molecule has 0 saturated heterocycles. The van der Waals surface area contributed by atoms with Crippen molar-refractivity contribution in [2.24, 2.45) is 0 Å². The molecule has 0 aliphatic carbocycles. The van der Waals surface area contributed by atoms with Crippen LogP contribution in [0.2, 0.25) is 0 Å². The second kappa shape index (κ2) is 8.21. The van der Waals surface area contributed by atoms with Gasteiger partial charge in [-0.25, -0.2) is 0 Å². The van der Waals surface area contributed by atoms with Gasteiger partial charge in [-0.15, -0.1) is 0 Å². The molecule has 136 valence electrons. The van der Waals surface area contributed by atoms with Crippen molar-refractivity contribution in [3.05, 3.63) is 63.7 Å². The van der Waals surface area contributed by atoms with Crippen molar-refractivity contribution in [2.75, 3.05) is 6.16 Å². The first kappa shape index (κ1) is 19.8. The lowest BCUT2D eigenvalue weighted by Crippen LogP contribution is -2.03. The SMILES string of the molecule is Cc1cc(C(C)C[PH](=O)O)cc(C)c1Cc1ccc(O)c(C(C)C)c1. The van der Waals surface area contributed by atoms with Gasteiger partial charge in [-0.3, -0.25) is 4.57 Å². The Balaban J connectivity index is 2.32. The highest BCUT2D eigenvalue weighted by atomic mass is 31.1. The minimum Gasteiger partial charge on any atom is -0.508 e. The molecule has 2 rings (SSSR count). The number of benzene rings is 2. The van der Waals surface area contributed by atoms with Crippen LogP contribution in [-0.2, 0) is 11.0 Å². The van der Waals surface area contributed by atoms with E-state index in [0.717, 1.165) is 17.5 Å². The second-order valence-corrected chi connectivity index (χ2v) is 8.55. The van der Waals surface area contributed by atoms with Crippen molar-refractivity contribution in [3.8, 4) is 5.75 Å². The number of phenols is 1. The number of hydrogen-bond donors (Lipinski definition) is 2. The van der Waals surface area contributed by atoms with Gasteiger partial charge >= 0.3 is 0 Å². The lowest BCUT2D eigenvalue weighted by molar-refractivity contribution is 0.464. The van der Waals surface area contributed by atoms with Gasteiger partial charge in [0.05, 0.1) is 0 Å². The molecular weight excluding hydrogens is 331 g/mol. The summed E-state index contributed by atoms with van der Waals surface area (Å²) in [6.07, 6.45) is 1.15. The summed E-state index contributed by atoms with van der Waals surface area (Å²) in [5.41, 5.74) is 6.99. The molecule has 2 N–H and O–H groups in total. The Morgan fingerprint density at radius 2 is 1.64 bits per heavy atom. The lowest BCUT2D eigenvalue weighted by Gasteiger charge is -2.17. The van der Waals surface area contributed by atoms with Crippen molar-refractivity contribution < 1.29 is 14.6 Å². The molecule has 2 aromatic rings. The smallest absolute Gasteiger partial charge is 0.189 e. The van der Waals surface area contributed by atoms with Crippen LogP contribution in [0.1, 0.15) is 66.0 Å². The number of hydrogen-bond acceptors (Lipinski definition) is 2. The zero-order valence-electron chi connectivity index (χ0n) is 15.8. The van der Waals surface area contributed by atoms with E-state index in [4.69, 9.17) is 0 Å². The lowest BCUT2D eigenvalue weighted by atomic mass is 9.89. The second-order valence-electron chi connectivity index (χ2n) is 7.36. The molecule has 0 aliphatic heterocycles. The molecule has 25 heavy (non-hydrogen) atoms. The van der Waals surface area contributed by atoms with Gasteiger partial charge in [0, 0.05) is 6.16 Å². The molecule has 4 heteroatoms. The third-order valence-electron chi connectivity index (χ3n) is 4.86. The van der Waals surface area contributed by atoms with Crippen molar-refractivity contribution in [3.63, 3.8) is 0 Å². The average molecular weight is 360 g/mol. The number of aryl methyl sites for hydroxylation is 2. The van der Waals surface area contributed by atoms with E-state index in [-0.39, 0.29) is 11.8 Å². The van der Waals surface area contributed by atoms with Crippen molar-refractivity contribution in [1.29, 1.82) is 0 Å². The van der Waals surface area contributed by atoms with Gasteiger partial charge in [0.2, 0.25) is 0 Å². The zero-order chi connectivity index (χ0) is 18.7. The summed E-state index contributed by atoms with van der Waals surface area (Å²) in [4.78, 5) is 9.19. The first-order valence-electron chi connectivity index (χ1n) is 8.82. The molecule has 0 aliphatic rings. The molecule has 0 spiro atoms. The standard InChI is InChI=1S/C21H29O3P/c1-13(2)19-10-17(6-7-21(19)22)11-20-14(3)8-18(9-15(20)4)16(5)12-25(23)24/h6-10,13,16,22,25H,11-12H2,1-5H3,(H,23,24). The van der Waals surface area contributed by atoms with Gasteiger partial charge in [0.15, 0.2) is 8.03 Å². The normalized spacial score (nSPS) is 13.9. The minimum absolute atomic E-state index is 0.0871. The Morgan fingerprint density at radius 3 is 2.16 bits per heavy atom. The maximum Gasteiger partial charge on any atom is 0.189 e. The van der Waals surface area contributed by atoms with E-state index in [1.54, 1.807) is 6.07 Å². The molecule has 3 nitrogen and oxygen atoms in total. The van der Waals surface area contributed by atoms with E-state index >= 15 is 0 Å². The molecule has 0 heterocycles. The molecule has 2 aromatic carbocycles. The molecule has 2 atom stereocenters. The van der Waals surface area contributed by atoms with Crippen LogP contribution < -0.4 is 0 Å². The number of rotatable bonds is 6. The van der Waals surface area contributed by atoms with E-state index in [0.29, 0.717) is 11.9 Å². The highest BCUT2D eigenvalue weighted by Crippen LogP contribution is 2.31. The monoisotopic (exact) mass is 360 g/mol. The molecule has 0 aromatic heterocycles. The third kappa shape index (κ3) is 4.96. The van der Waals surface area contributed by atoms with E-state index in [2.05, 4.69) is 45.9 Å². The fourth-order valence-corrected chi connectivity index (χ4v) is 4.11. The summed E-state index contributed by atoms with van der Waals surface area (Å²) in [7, 11) is -2.45. The molecule has 2 unspecified atom stereocenters. The Kier molecular flexibility index (Phi) is 6.48. The number of aromatic hydroxyl groups is 1. The van der Waals surface area contributed by atoms with Crippen LogP contribution in [0.4, 0.5) is 0 Å². The Morgan fingerprint density at radius 1 is 1.04 bits per heavy atom. The van der Waals surface area contributed by atoms with Crippen LogP contribution in [0.3, 0.4) is 0 Å². The maximum absolute atomic E-state index is 11.1. The van der Waals surface area contributed by atoms with Crippen LogP contribution in [0.25, 0.3) is 0 Å². The predicted molar refractivity (Wildman–Crippen MR) is 105 cm³/mol. The fraction of sp³-hybridized carbons (Fsp3) is 0.429. The Bertz CT molecular complexity index is 758. The van der Waals surface area contributed by atoms with Crippen LogP contribution >= 0.6 is 8.03 Å². The summed E-state index contributed by atoms with van der Waals surface area (Å²) in [6, 6.07) is 10.1. The summed E-state index contributed by atoms with van der Waals surface area (Å²) in [5.74, 6) is 0.728. The van der Waals surface area contributed by atoms with E-state index in [1.165, 1.54) is 22.3 Å². The highest BCUT2D eigenvalue weighted by Gasteiger charge is 2.14. The van der Waals surface area contributed by atoms with Crippen LogP contribution in [0, 0.1) is 13.8 Å². The van der Waals surface area contributed by atoms with Gasteiger partial charge in [0.25, 0.3) is 0 Å². The largest absolute Gasteiger partial charge is 0.508 e. The zero-order valence-corrected chi connectivity index (χ0v) is 16.8. The van der Waals surface area contributed by atoms with Crippen LogP contribution in [0.15, 0.2) is 30.3 Å². The van der Waals surface area contributed by atoms with Gasteiger partial charge in [-0.05, 0) is 71.6 Å². The summed E-state index contributed by atoms with van der Waals surface area (Å²) >= 11 is 0. The average Bonchev–Trinajstić information content (AvgIpc) is 2.51. The minimum atomic E-state index is -2.45. The summed E-state index contributed by atoms with van der Waals surface area (Å²) in [5, 5.41) is 10.0. The first-order chi connectivity index (χ1) is 11.7. The molecule has 0 bridgehead atoms. The molecule has 0 saturated carbocycles. The molecular formula is C21H29O3P. The summed E-state index contributed by atoms with van der Waals surface area (Å²) < 4.78 is 11.1. The van der Waals surface area contributed by atoms with Crippen LogP contribution in [0.5, 0.6) is 5.75 Å². The maximum atomic E-state index is 11.1. The van der Waals surface area contributed by atoms with Crippen molar-refractivity contribution in [1.82, 2.24) is 0 Å². The van der Waals surface area contributed by atoms with E-state index < -0.39 is 8.03 Å². The molecule has 0 radical (unpaired) electrons. The topological polar surface area (TPSA) is 57.5 Å². The molecule has 0 fully saturated rings. The number of phenolic OH excluding ortho intramolecular Hbond substituents is 1. The van der Waals surface area contributed by atoms with E-state index in [1.807, 2.05) is 13.0 Å². The first-order valence-corrected chi connectivity index (χ1v) is 10.4. The van der Waals surface area contributed by atoms with E-state index in [9.17, 15) is 14.6 Å². The Labute approximate surface area is 151 Å². The fourth-order valence-electron chi connectivity index (χ4n) is 3.35. The van der Waals surface area contributed by atoms with Gasteiger partial charge in [-0.2, -0.15) is 0 Å². The van der Waals surface area contributed by atoms with Crippen molar-refractivity contribution in [2.45, 2.75) is 52.9 Å². The van der Waals surface area contributed by atoms with Crippen molar-refractivity contribution >= 4 is 8.03 Å².